The summed E-state index contributed by atoms with van der Waals surface area (Å²) in [6.07, 6.45) is 4.15. The Labute approximate surface area is 197 Å². The molecule has 0 saturated carbocycles. The smallest absolute Gasteiger partial charge is 0.238 e. The van der Waals surface area contributed by atoms with Crippen LogP contribution in [0.5, 0.6) is 5.75 Å². The molecule has 0 saturated heterocycles. The second kappa shape index (κ2) is 9.59. The Hall–Kier alpha value is -2.81. The van der Waals surface area contributed by atoms with Crippen molar-refractivity contribution in [1.29, 1.82) is 0 Å². The van der Waals surface area contributed by atoms with Crippen molar-refractivity contribution in [2.75, 3.05) is 7.11 Å². The van der Waals surface area contributed by atoms with Gasteiger partial charge in [-0.2, -0.15) is 0 Å². The van der Waals surface area contributed by atoms with Crippen molar-refractivity contribution in [2.45, 2.75) is 43.4 Å². The molecule has 1 heterocycles. The van der Waals surface area contributed by atoms with E-state index in [0.717, 1.165) is 47.4 Å². The van der Waals surface area contributed by atoms with Crippen LogP contribution >= 0.6 is 11.3 Å². The van der Waals surface area contributed by atoms with Crippen LogP contribution in [0, 0.1) is 0 Å². The summed E-state index contributed by atoms with van der Waals surface area (Å²) in [6, 6.07) is 13.1. The number of hydrogen-bond acceptors (Lipinski definition) is 6. The number of sulfonamides is 1. The number of primary sulfonamides is 1. The van der Waals surface area contributed by atoms with Gasteiger partial charge in [0.2, 0.25) is 10.0 Å². The molecule has 1 aliphatic rings. The molecule has 2 N–H and O–H groups in total. The first-order chi connectivity index (χ1) is 15.8. The van der Waals surface area contributed by atoms with E-state index in [9.17, 15) is 18.0 Å². The first kappa shape index (κ1) is 23.4. The van der Waals surface area contributed by atoms with Gasteiger partial charge in [0, 0.05) is 33.7 Å². The van der Waals surface area contributed by atoms with E-state index in [1.165, 1.54) is 34.4 Å². The zero-order valence-corrected chi connectivity index (χ0v) is 19.9. The van der Waals surface area contributed by atoms with Crippen LogP contribution in [-0.4, -0.2) is 27.1 Å². The summed E-state index contributed by atoms with van der Waals surface area (Å²) >= 11 is 1.54. The zero-order chi connectivity index (χ0) is 23.6. The van der Waals surface area contributed by atoms with Crippen molar-refractivity contribution in [3.05, 3.63) is 80.5 Å². The molecule has 1 aliphatic carbocycles. The Morgan fingerprint density at radius 1 is 1.00 bits per heavy atom. The van der Waals surface area contributed by atoms with E-state index in [-0.39, 0.29) is 34.9 Å². The van der Waals surface area contributed by atoms with Crippen molar-refractivity contribution in [3.8, 4) is 5.75 Å². The lowest BCUT2D eigenvalue weighted by Crippen LogP contribution is -2.14. The van der Waals surface area contributed by atoms with Crippen LogP contribution in [0.1, 0.15) is 54.4 Å². The molecule has 3 aromatic rings. The third-order valence-electron chi connectivity index (χ3n) is 5.85. The summed E-state index contributed by atoms with van der Waals surface area (Å²) in [5.41, 5.74) is 2.89. The van der Waals surface area contributed by atoms with Crippen molar-refractivity contribution in [1.82, 2.24) is 0 Å². The van der Waals surface area contributed by atoms with Crippen LogP contribution in [0.2, 0.25) is 0 Å². The number of ether oxygens (including phenoxy) is 1. The van der Waals surface area contributed by atoms with E-state index < -0.39 is 10.0 Å². The van der Waals surface area contributed by atoms with Crippen LogP contribution in [0.4, 0.5) is 0 Å². The first-order valence-electron chi connectivity index (χ1n) is 10.7. The van der Waals surface area contributed by atoms with Gasteiger partial charge in [-0.25, -0.2) is 13.6 Å². The first-order valence-corrected chi connectivity index (χ1v) is 13.1. The molecule has 0 spiro atoms. The molecule has 0 atom stereocenters. The van der Waals surface area contributed by atoms with Gasteiger partial charge in [-0.3, -0.25) is 9.59 Å². The Morgan fingerprint density at radius 2 is 1.73 bits per heavy atom. The minimum atomic E-state index is -3.91. The average Bonchev–Trinajstić information content (AvgIpc) is 3.17. The maximum atomic E-state index is 13.4. The number of carbonyl (C=O) groups excluding carboxylic acids is 2. The Morgan fingerprint density at radius 3 is 2.42 bits per heavy atom. The Bertz CT molecular complexity index is 1310. The molecular formula is C25H25NO5S2. The van der Waals surface area contributed by atoms with Crippen molar-refractivity contribution in [2.24, 2.45) is 5.14 Å². The standard InChI is InChI=1S/C25H25NO5S2/c1-31-18-11-9-16(10-12-18)13-22(28)25-20-7-2-3-8-23(20)32-24(25)15-21(27)17-5-4-6-19(14-17)33(26,29)30/h4-6,9-12,14H,2-3,7-8,13,15H2,1H3,(H2,26,29,30). The van der Waals surface area contributed by atoms with Gasteiger partial charge in [-0.15, -0.1) is 11.3 Å². The van der Waals surface area contributed by atoms with Crippen molar-refractivity contribution in [3.63, 3.8) is 0 Å². The highest BCUT2D eigenvalue weighted by Gasteiger charge is 2.26. The Kier molecular flexibility index (Phi) is 6.78. The molecular weight excluding hydrogens is 458 g/mol. The molecule has 0 aliphatic heterocycles. The molecule has 0 bridgehead atoms. The maximum Gasteiger partial charge on any atom is 0.238 e. The van der Waals surface area contributed by atoms with Gasteiger partial charge in [0.1, 0.15) is 5.75 Å². The largest absolute Gasteiger partial charge is 0.497 e. The molecule has 1 aromatic heterocycles. The number of ketones is 2. The van der Waals surface area contributed by atoms with Crippen molar-refractivity contribution >= 4 is 32.9 Å². The van der Waals surface area contributed by atoms with Gasteiger partial charge in [0.05, 0.1) is 12.0 Å². The number of benzene rings is 2. The molecule has 0 amide bonds. The number of fused-ring (bicyclic) bond motifs is 1. The van der Waals surface area contributed by atoms with Gasteiger partial charge in [-0.1, -0.05) is 24.3 Å². The predicted octanol–water partition coefficient (Wildman–Crippen LogP) is 4.13. The molecule has 4 rings (SSSR count). The lowest BCUT2D eigenvalue weighted by atomic mass is 9.90. The monoisotopic (exact) mass is 483 g/mol. The summed E-state index contributed by atoms with van der Waals surface area (Å²) in [5, 5.41) is 5.21. The summed E-state index contributed by atoms with van der Waals surface area (Å²) < 4.78 is 28.5. The highest BCUT2D eigenvalue weighted by atomic mass is 32.2. The summed E-state index contributed by atoms with van der Waals surface area (Å²) in [4.78, 5) is 28.3. The van der Waals surface area contributed by atoms with Crippen molar-refractivity contribution < 1.29 is 22.7 Å². The zero-order valence-electron chi connectivity index (χ0n) is 18.3. The predicted molar refractivity (Wildman–Crippen MR) is 128 cm³/mol. The minimum Gasteiger partial charge on any atom is -0.497 e. The second-order valence-electron chi connectivity index (χ2n) is 8.13. The van der Waals surface area contributed by atoms with E-state index in [4.69, 9.17) is 9.88 Å². The Balaban J connectivity index is 1.64. The van der Waals surface area contributed by atoms with E-state index in [1.54, 1.807) is 13.2 Å². The van der Waals surface area contributed by atoms with E-state index in [2.05, 4.69) is 0 Å². The second-order valence-corrected chi connectivity index (χ2v) is 10.9. The van der Waals surface area contributed by atoms with Crippen LogP contribution in [-0.2, 0) is 35.7 Å². The van der Waals surface area contributed by atoms with E-state index in [1.807, 2.05) is 24.3 Å². The third-order valence-corrected chi connectivity index (χ3v) is 8.06. The van der Waals surface area contributed by atoms with Gasteiger partial charge < -0.3 is 4.74 Å². The fourth-order valence-electron chi connectivity index (χ4n) is 4.18. The van der Waals surface area contributed by atoms with Crippen LogP contribution in [0.25, 0.3) is 0 Å². The number of rotatable bonds is 8. The third kappa shape index (κ3) is 5.24. The summed E-state index contributed by atoms with van der Waals surface area (Å²) in [7, 11) is -2.31. The van der Waals surface area contributed by atoms with E-state index >= 15 is 0 Å². The molecule has 6 nitrogen and oxygen atoms in total. The van der Waals surface area contributed by atoms with E-state index in [0.29, 0.717) is 5.56 Å². The number of nitrogens with two attached hydrogens (primary N) is 1. The van der Waals surface area contributed by atoms with Gasteiger partial charge in [0.15, 0.2) is 11.6 Å². The summed E-state index contributed by atoms with van der Waals surface area (Å²) in [5.74, 6) is 0.491. The fourth-order valence-corrected chi connectivity index (χ4v) is 6.16. The quantitative estimate of drug-likeness (QED) is 0.485. The average molecular weight is 484 g/mol. The molecule has 2 aromatic carbocycles. The molecule has 0 fully saturated rings. The summed E-state index contributed by atoms with van der Waals surface area (Å²) in [6.45, 7) is 0. The maximum absolute atomic E-state index is 13.4. The van der Waals surface area contributed by atoms with Gasteiger partial charge >= 0.3 is 0 Å². The lowest BCUT2D eigenvalue weighted by molar-refractivity contribution is 0.0989. The SMILES string of the molecule is COc1ccc(CC(=O)c2c(CC(=O)c3cccc(S(N)(=O)=O)c3)sc3c2CCCC3)cc1. The molecule has 8 heteroatoms. The topological polar surface area (TPSA) is 104 Å². The van der Waals surface area contributed by atoms with Gasteiger partial charge in [-0.05, 0) is 61.1 Å². The molecule has 33 heavy (non-hydrogen) atoms. The molecule has 172 valence electrons. The molecule has 0 radical (unpaired) electrons. The highest BCUT2D eigenvalue weighted by molar-refractivity contribution is 7.89. The van der Waals surface area contributed by atoms with Crippen LogP contribution in [0.3, 0.4) is 0 Å². The fraction of sp³-hybridized carbons (Fsp3) is 0.280. The number of aryl methyl sites for hydroxylation is 1. The minimum absolute atomic E-state index is 0.000605. The van der Waals surface area contributed by atoms with Gasteiger partial charge in [0.25, 0.3) is 0 Å². The molecule has 0 unspecified atom stereocenters. The number of hydrogen-bond donors (Lipinski definition) is 1. The van der Waals surface area contributed by atoms with Crippen LogP contribution in [0.15, 0.2) is 53.4 Å². The number of thiophene rings is 1. The lowest BCUT2D eigenvalue weighted by Gasteiger charge is -2.13. The number of Topliss-reactive ketones (excluding diaryl/α,β-unsaturated/α-hetero) is 2. The number of carbonyl (C=O) groups is 2. The number of methoxy groups -OCH3 is 1. The van der Waals surface area contributed by atoms with Crippen LogP contribution < -0.4 is 9.88 Å². The highest BCUT2D eigenvalue weighted by Crippen LogP contribution is 2.36. The normalized spacial score (nSPS) is 13.4.